The molecule has 2 amide bonds. The zero-order valence-corrected chi connectivity index (χ0v) is 14.7. The van der Waals surface area contributed by atoms with Gasteiger partial charge in [0.25, 0.3) is 0 Å². The number of anilines is 1. The van der Waals surface area contributed by atoms with Gasteiger partial charge in [-0.25, -0.2) is 0 Å². The Labute approximate surface area is 142 Å². The van der Waals surface area contributed by atoms with Crippen molar-refractivity contribution in [2.45, 2.75) is 39.2 Å². The van der Waals surface area contributed by atoms with Crippen molar-refractivity contribution in [2.24, 2.45) is 5.73 Å². The largest absolute Gasteiger partial charge is 0.351 e. The van der Waals surface area contributed by atoms with E-state index < -0.39 is 0 Å². The summed E-state index contributed by atoms with van der Waals surface area (Å²) in [6, 6.07) is 7.65. The van der Waals surface area contributed by atoms with Gasteiger partial charge in [0, 0.05) is 18.3 Å². The van der Waals surface area contributed by atoms with Gasteiger partial charge in [-0.2, -0.15) is 0 Å². The maximum Gasteiger partial charge on any atom is 0.234 e. The lowest BCUT2D eigenvalue weighted by atomic mass is 10.1. The number of carbonyl (C=O) groups excluding carboxylic acids is 2. The molecular weight excluding hydrogens is 310 g/mol. The van der Waals surface area contributed by atoms with Crippen molar-refractivity contribution in [3.63, 3.8) is 0 Å². The molecule has 0 heterocycles. The van der Waals surface area contributed by atoms with Gasteiger partial charge in [0.1, 0.15) is 0 Å². The molecule has 0 radical (unpaired) electrons. The molecule has 23 heavy (non-hydrogen) atoms. The lowest BCUT2D eigenvalue weighted by Gasteiger charge is -2.16. The van der Waals surface area contributed by atoms with Crippen molar-refractivity contribution < 1.29 is 9.59 Å². The van der Waals surface area contributed by atoms with Crippen molar-refractivity contribution in [1.82, 2.24) is 5.32 Å². The molecule has 0 saturated heterocycles. The van der Waals surface area contributed by atoms with E-state index in [2.05, 4.69) is 17.6 Å². The molecule has 0 bridgehead atoms. The maximum absolute atomic E-state index is 11.8. The molecule has 1 unspecified atom stereocenters. The van der Waals surface area contributed by atoms with E-state index >= 15 is 0 Å². The van der Waals surface area contributed by atoms with Crippen molar-refractivity contribution in [1.29, 1.82) is 0 Å². The molecule has 0 saturated carbocycles. The van der Waals surface area contributed by atoms with Crippen LogP contribution in [0.2, 0.25) is 0 Å². The molecule has 0 fully saturated rings. The third-order valence-electron chi connectivity index (χ3n) is 3.36. The molecule has 1 aromatic carbocycles. The number of amides is 2. The normalized spacial score (nSPS) is 11.8. The Morgan fingerprint density at radius 2 is 1.83 bits per heavy atom. The lowest BCUT2D eigenvalue weighted by molar-refractivity contribution is -0.119. The van der Waals surface area contributed by atoms with Gasteiger partial charge in [-0.1, -0.05) is 37.5 Å². The predicted octanol–water partition coefficient (Wildman–Crippen LogP) is 2.30. The number of nitrogens with two attached hydrogens (primary N) is 1. The Morgan fingerprint density at radius 3 is 2.43 bits per heavy atom. The fraction of sp³-hybridized carbons (Fsp3) is 0.529. The number of benzene rings is 1. The molecule has 6 heteroatoms. The van der Waals surface area contributed by atoms with Gasteiger partial charge in [-0.15, -0.1) is 11.8 Å². The van der Waals surface area contributed by atoms with Crippen molar-refractivity contribution in [3.8, 4) is 0 Å². The molecule has 0 aliphatic heterocycles. The molecular formula is C17H27N3O2S. The first-order chi connectivity index (χ1) is 11.0. The van der Waals surface area contributed by atoms with E-state index in [-0.39, 0.29) is 29.4 Å². The SMILES string of the molecule is CCCCC(CN)NC(=O)CSCC(=O)Nc1ccc(C)cc1. The van der Waals surface area contributed by atoms with E-state index in [4.69, 9.17) is 5.73 Å². The van der Waals surface area contributed by atoms with Crippen molar-refractivity contribution >= 4 is 29.3 Å². The average molecular weight is 337 g/mol. The third kappa shape index (κ3) is 8.62. The molecule has 1 atom stereocenters. The van der Waals surface area contributed by atoms with Gasteiger partial charge in [0.2, 0.25) is 11.8 Å². The minimum atomic E-state index is -0.104. The van der Waals surface area contributed by atoms with Crippen LogP contribution in [0, 0.1) is 6.92 Å². The van der Waals surface area contributed by atoms with Crippen LogP contribution < -0.4 is 16.4 Å². The van der Waals surface area contributed by atoms with E-state index in [0.717, 1.165) is 30.5 Å². The topological polar surface area (TPSA) is 84.2 Å². The summed E-state index contributed by atoms with van der Waals surface area (Å²) in [7, 11) is 0. The molecule has 0 aliphatic rings. The molecule has 0 aromatic heterocycles. The molecule has 5 nitrogen and oxygen atoms in total. The smallest absolute Gasteiger partial charge is 0.234 e. The Kier molecular flexibility index (Phi) is 9.40. The summed E-state index contributed by atoms with van der Waals surface area (Å²) >= 11 is 1.30. The highest BCUT2D eigenvalue weighted by Gasteiger charge is 2.11. The Hall–Kier alpha value is -1.53. The number of carbonyl (C=O) groups is 2. The van der Waals surface area contributed by atoms with Crippen LogP contribution in [0.25, 0.3) is 0 Å². The Morgan fingerprint density at radius 1 is 1.17 bits per heavy atom. The number of thioether (sulfide) groups is 1. The maximum atomic E-state index is 11.8. The summed E-state index contributed by atoms with van der Waals surface area (Å²) < 4.78 is 0. The predicted molar refractivity (Wildman–Crippen MR) is 97.6 cm³/mol. The van der Waals surface area contributed by atoms with Crippen LogP contribution in [-0.2, 0) is 9.59 Å². The van der Waals surface area contributed by atoms with Crippen molar-refractivity contribution in [2.75, 3.05) is 23.4 Å². The van der Waals surface area contributed by atoms with E-state index in [0.29, 0.717) is 6.54 Å². The first kappa shape index (κ1) is 19.5. The minimum Gasteiger partial charge on any atom is -0.351 e. The lowest BCUT2D eigenvalue weighted by Crippen LogP contribution is -2.41. The van der Waals surface area contributed by atoms with Crippen LogP contribution in [0.4, 0.5) is 5.69 Å². The van der Waals surface area contributed by atoms with E-state index in [1.54, 1.807) is 0 Å². The van der Waals surface area contributed by atoms with Crippen LogP contribution in [0.5, 0.6) is 0 Å². The van der Waals surface area contributed by atoms with Gasteiger partial charge >= 0.3 is 0 Å². The molecule has 128 valence electrons. The molecule has 1 rings (SSSR count). The molecule has 0 spiro atoms. The summed E-state index contributed by atoms with van der Waals surface area (Å²) in [5, 5.41) is 5.73. The van der Waals surface area contributed by atoms with Gasteiger partial charge in [0.15, 0.2) is 0 Å². The van der Waals surface area contributed by atoms with Gasteiger partial charge in [-0.05, 0) is 25.5 Å². The summed E-state index contributed by atoms with van der Waals surface area (Å²) in [6.07, 6.45) is 3.03. The van der Waals surface area contributed by atoms with Crippen LogP contribution in [0.3, 0.4) is 0 Å². The number of aryl methyl sites for hydroxylation is 1. The van der Waals surface area contributed by atoms with Crippen LogP contribution in [0.15, 0.2) is 24.3 Å². The Bertz CT molecular complexity index is 491. The van der Waals surface area contributed by atoms with Gasteiger partial charge < -0.3 is 16.4 Å². The standard InChI is InChI=1S/C17H27N3O2S/c1-3-4-5-15(10-18)20-17(22)12-23-11-16(21)19-14-8-6-13(2)7-9-14/h6-9,15H,3-5,10-12,18H2,1-2H3,(H,19,21)(H,20,22). The van der Waals surface area contributed by atoms with Gasteiger partial charge in [-0.3, -0.25) is 9.59 Å². The highest BCUT2D eigenvalue weighted by Crippen LogP contribution is 2.10. The highest BCUT2D eigenvalue weighted by atomic mass is 32.2. The highest BCUT2D eigenvalue weighted by molar-refractivity contribution is 8.00. The first-order valence-electron chi connectivity index (χ1n) is 7.98. The van der Waals surface area contributed by atoms with E-state index in [1.165, 1.54) is 11.8 Å². The minimum absolute atomic E-state index is 0.0319. The molecule has 4 N–H and O–H groups in total. The van der Waals surface area contributed by atoms with Gasteiger partial charge in [0.05, 0.1) is 11.5 Å². The summed E-state index contributed by atoms with van der Waals surface area (Å²) in [5.41, 5.74) is 7.57. The average Bonchev–Trinajstić information content (AvgIpc) is 2.53. The molecule has 0 aliphatic carbocycles. The fourth-order valence-corrected chi connectivity index (χ4v) is 2.67. The second-order valence-electron chi connectivity index (χ2n) is 5.55. The first-order valence-corrected chi connectivity index (χ1v) is 9.14. The van der Waals surface area contributed by atoms with Crippen molar-refractivity contribution in [3.05, 3.63) is 29.8 Å². The monoisotopic (exact) mass is 337 g/mol. The second-order valence-corrected chi connectivity index (χ2v) is 6.53. The zero-order valence-electron chi connectivity index (χ0n) is 13.9. The fourth-order valence-electron chi connectivity index (χ4n) is 2.04. The third-order valence-corrected chi connectivity index (χ3v) is 4.29. The number of unbranched alkanes of at least 4 members (excludes halogenated alkanes) is 1. The van der Waals surface area contributed by atoms with Crippen LogP contribution in [0.1, 0.15) is 31.7 Å². The quantitative estimate of drug-likeness (QED) is 0.612. The number of hydrogen-bond acceptors (Lipinski definition) is 4. The van der Waals surface area contributed by atoms with Crippen LogP contribution >= 0.6 is 11.8 Å². The van der Waals surface area contributed by atoms with Crippen LogP contribution in [-0.4, -0.2) is 35.9 Å². The summed E-state index contributed by atoms with van der Waals surface area (Å²) in [6.45, 7) is 4.55. The Balaban J connectivity index is 2.23. The number of nitrogens with one attached hydrogen (secondary N) is 2. The summed E-state index contributed by atoms with van der Waals surface area (Å²) in [4.78, 5) is 23.6. The molecule has 1 aromatic rings. The van der Waals surface area contributed by atoms with E-state index in [9.17, 15) is 9.59 Å². The zero-order chi connectivity index (χ0) is 17.1. The number of rotatable bonds is 10. The summed E-state index contributed by atoms with van der Waals surface area (Å²) in [5.74, 6) is 0.353. The number of hydrogen-bond donors (Lipinski definition) is 3. The second kappa shape index (κ2) is 11.1. The van der Waals surface area contributed by atoms with E-state index in [1.807, 2.05) is 31.2 Å².